The van der Waals surface area contributed by atoms with Gasteiger partial charge in [-0.25, -0.2) is 9.97 Å². The zero-order chi connectivity index (χ0) is 17.8. The fraction of sp³-hybridized carbons (Fsp3) is 0.222. The third-order valence-corrected chi connectivity index (χ3v) is 4.47. The number of aryl methyl sites for hydroxylation is 2. The number of nitrogens with one attached hydrogen (secondary N) is 1. The van der Waals surface area contributed by atoms with Gasteiger partial charge in [0.15, 0.2) is 0 Å². The molecule has 0 aliphatic carbocycles. The van der Waals surface area contributed by atoms with E-state index >= 15 is 0 Å². The number of nitriles is 1. The van der Waals surface area contributed by atoms with Crippen LogP contribution in [0.3, 0.4) is 0 Å². The van der Waals surface area contributed by atoms with Gasteiger partial charge in [0.25, 0.3) is 0 Å². The lowest BCUT2D eigenvalue weighted by atomic mass is 10.1. The van der Waals surface area contributed by atoms with E-state index in [0.29, 0.717) is 11.5 Å². The highest BCUT2D eigenvalue weighted by Crippen LogP contribution is 2.32. The van der Waals surface area contributed by atoms with E-state index in [1.165, 1.54) is 0 Å². The maximum absolute atomic E-state index is 9.02. The van der Waals surface area contributed by atoms with E-state index in [0.717, 1.165) is 39.0 Å². The van der Waals surface area contributed by atoms with Gasteiger partial charge in [-0.05, 0) is 49.4 Å². The van der Waals surface area contributed by atoms with Gasteiger partial charge in [-0.15, -0.1) is 11.8 Å². The molecule has 7 heteroatoms. The molecular formula is C18H17N5OS. The second kappa shape index (κ2) is 7.36. The minimum atomic E-state index is 0.481. The Kier molecular flexibility index (Phi) is 5.00. The van der Waals surface area contributed by atoms with Gasteiger partial charge in [0.1, 0.15) is 10.8 Å². The molecule has 0 radical (unpaired) electrons. The SMILES string of the molecule is CCSc1noc(C)c1-c1ccnc(Nc2ccc(C#N)c(C)c2)n1. The number of rotatable bonds is 5. The predicted molar refractivity (Wildman–Crippen MR) is 97.8 cm³/mol. The van der Waals surface area contributed by atoms with Gasteiger partial charge in [0.05, 0.1) is 22.9 Å². The Labute approximate surface area is 150 Å². The first-order valence-corrected chi connectivity index (χ1v) is 8.81. The molecule has 0 spiro atoms. The molecule has 1 N–H and O–H groups in total. The van der Waals surface area contributed by atoms with E-state index in [-0.39, 0.29) is 0 Å². The Morgan fingerprint density at radius 2 is 2.12 bits per heavy atom. The topological polar surface area (TPSA) is 87.6 Å². The van der Waals surface area contributed by atoms with Crippen molar-refractivity contribution in [3.63, 3.8) is 0 Å². The van der Waals surface area contributed by atoms with Crippen molar-refractivity contribution in [2.45, 2.75) is 25.8 Å². The number of aromatic nitrogens is 3. The fourth-order valence-electron chi connectivity index (χ4n) is 2.43. The van der Waals surface area contributed by atoms with Crippen LogP contribution >= 0.6 is 11.8 Å². The van der Waals surface area contributed by atoms with Crippen molar-refractivity contribution in [1.29, 1.82) is 5.26 Å². The Hall–Kier alpha value is -2.85. The minimum Gasteiger partial charge on any atom is -0.360 e. The van der Waals surface area contributed by atoms with Gasteiger partial charge in [0.2, 0.25) is 5.95 Å². The Morgan fingerprint density at radius 3 is 2.84 bits per heavy atom. The quantitative estimate of drug-likeness (QED) is 0.678. The van der Waals surface area contributed by atoms with E-state index in [1.807, 2.05) is 32.0 Å². The zero-order valence-corrected chi connectivity index (χ0v) is 15.0. The highest BCUT2D eigenvalue weighted by Gasteiger charge is 2.17. The average molecular weight is 351 g/mol. The summed E-state index contributed by atoms with van der Waals surface area (Å²) in [6.07, 6.45) is 1.70. The van der Waals surface area contributed by atoms with Crippen molar-refractivity contribution in [3.8, 4) is 17.3 Å². The molecule has 3 aromatic rings. The second-order valence-electron chi connectivity index (χ2n) is 5.38. The molecule has 2 heterocycles. The molecule has 0 aliphatic heterocycles. The van der Waals surface area contributed by atoms with E-state index in [4.69, 9.17) is 9.78 Å². The first-order valence-electron chi connectivity index (χ1n) is 7.82. The first-order chi connectivity index (χ1) is 12.1. The van der Waals surface area contributed by atoms with Crippen molar-refractivity contribution < 1.29 is 4.52 Å². The summed E-state index contributed by atoms with van der Waals surface area (Å²) >= 11 is 1.62. The van der Waals surface area contributed by atoms with Gasteiger partial charge < -0.3 is 9.84 Å². The van der Waals surface area contributed by atoms with E-state index in [2.05, 4.69) is 33.4 Å². The summed E-state index contributed by atoms with van der Waals surface area (Å²) in [7, 11) is 0. The maximum Gasteiger partial charge on any atom is 0.227 e. The number of anilines is 2. The van der Waals surface area contributed by atoms with Crippen molar-refractivity contribution in [2.75, 3.05) is 11.1 Å². The smallest absolute Gasteiger partial charge is 0.227 e. The van der Waals surface area contributed by atoms with Crippen molar-refractivity contribution in [2.24, 2.45) is 0 Å². The van der Waals surface area contributed by atoms with Crippen molar-refractivity contribution in [3.05, 3.63) is 47.3 Å². The molecule has 0 atom stereocenters. The lowest BCUT2D eigenvalue weighted by Gasteiger charge is -2.08. The van der Waals surface area contributed by atoms with Crippen LogP contribution in [0.25, 0.3) is 11.3 Å². The second-order valence-corrected chi connectivity index (χ2v) is 6.64. The molecule has 0 saturated heterocycles. The minimum absolute atomic E-state index is 0.481. The Balaban J connectivity index is 1.91. The summed E-state index contributed by atoms with van der Waals surface area (Å²) in [5, 5.41) is 17.1. The van der Waals surface area contributed by atoms with Gasteiger partial charge >= 0.3 is 0 Å². The average Bonchev–Trinajstić information content (AvgIpc) is 2.96. The van der Waals surface area contributed by atoms with Crippen LogP contribution in [-0.2, 0) is 0 Å². The van der Waals surface area contributed by atoms with E-state index < -0.39 is 0 Å². The van der Waals surface area contributed by atoms with E-state index in [9.17, 15) is 0 Å². The highest BCUT2D eigenvalue weighted by atomic mass is 32.2. The lowest BCUT2D eigenvalue weighted by Crippen LogP contribution is -1.99. The molecule has 0 bridgehead atoms. The van der Waals surface area contributed by atoms with Crippen LogP contribution in [0.4, 0.5) is 11.6 Å². The van der Waals surface area contributed by atoms with Crippen LogP contribution in [0.5, 0.6) is 0 Å². The van der Waals surface area contributed by atoms with Gasteiger partial charge in [0, 0.05) is 11.9 Å². The molecule has 6 nitrogen and oxygen atoms in total. The van der Waals surface area contributed by atoms with Crippen LogP contribution in [0.15, 0.2) is 40.0 Å². The Bertz CT molecular complexity index is 945. The fourth-order valence-corrected chi connectivity index (χ4v) is 3.19. The molecule has 0 fully saturated rings. The zero-order valence-electron chi connectivity index (χ0n) is 14.2. The number of hydrogen-bond acceptors (Lipinski definition) is 7. The number of nitrogens with zero attached hydrogens (tertiary/aromatic N) is 4. The summed E-state index contributed by atoms with van der Waals surface area (Å²) in [5.41, 5.74) is 4.05. The van der Waals surface area contributed by atoms with Crippen LogP contribution in [0.2, 0.25) is 0 Å². The molecule has 2 aromatic heterocycles. The molecular weight excluding hydrogens is 334 g/mol. The summed E-state index contributed by atoms with van der Waals surface area (Å²) in [4.78, 5) is 8.86. The van der Waals surface area contributed by atoms with Gasteiger partial charge in [-0.1, -0.05) is 12.1 Å². The number of benzene rings is 1. The molecule has 126 valence electrons. The molecule has 0 unspecified atom stereocenters. The monoisotopic (exact) mass is 351 g/mol. The van der Waals surface area contributed by atoms with Crippen molar-refractivity contribution in [1.82, 2.24) is 15.1 Å². The van der Waals surface area contributed by atoms with Crippen molar-refractivity contribution >= 4 is 23.4 Å². The van der Waals surface area contributed by atoms with Gasteiger partial charge in [-0.3, -0.25) is 0 Å². The summed E-state index contributed by atoms with van der Waals surface area (Å²) in [5.74, 6) is 2.11. The first kappa shape index (κ1) is 17.0. The molecule has 3 rings (SSSR count). The van der Waals surface area contributed by atoms with Crippen LogP contribution in [-0.4, -0.2) is 20.9 Å². The number of thioether (sulfide) groups is 1. The third-order valence-electron chi connectivity index (χ3n) is 3.63. The maximum atomic E-state index is 9.02. The molecule has 0 amide bonds. The number of hydrogen-bond donors (Lipinski definition) is 1. The van der Waals surface area contributed by atoms with Crippen LogP contribution in [0.1, 0.15) is 23.8 Å². The summed E-state index contributed by atoms with van der Waals surface area (Å²) in [6, 6.07) is 9.52. The Morgan fingerprint density at radius 1 is 1.28 bits per heavy atom. The summed E-state index contributed by atoms with van der Waals surface area (Å²) < 4.78 is 5.32. The lowest BCUT2D eigenvalue weighted by molar-refractivity contribution is 0.384. The molecule has 0 aliphatic rings. The standard InChI is InChI=1S/C18H17N5OS/c1-4-25-17-16(12(3)24-23-17)15-7-8-20-18(22-15)21-14-6-5-13(10-19)11(2)9-14/h5-9H,4H2,1-3H3,(H,20,21,22). The molecule has 25 heavy (non-hydrogen) atoms. The largest absolute Gasteiger partial charge is 0.360 e. The summed E-state index contributed by atoms with van der Waals surface area (Å²) in [6.45, 7) is 5.84. The molecule has 1 aromatic carbocycles. The third kappa shape index (κ3) is 3.64. The van der Waals surface area contributed by atoms with Gasteiger partial charge in [-0.2, -0.15) is 5.26 Å². The van der Waals surface area contributed by atoms with Crippen LogP contribution < -0.4 is 5.32 Å². The highest BCUT2D eigenvalue weighted by molar-refractivity contribution is 7.99. The molecule has 0 saturated carbocycles. The normalized spacial score (nSPS) is 10.5. The predicted octanol–water partition coefficient (Wildman–Crippen LogP) is 4.48. The van der Waals surface area contributed by atoms with Crippen LogP contribution in [0, 0.1) is 25.2 Å². The van der Waals surface area contributed by atoms with E-state index in [1.54, 1.807) is 24.0 Å².